The van der Waals surface area contributed by atoms with E-state index >= 15 is 0 Å². The van der Waals surface area contributed by atoms with Crippen molar-refractivity contribution in [3.63, 3.8) is 0 Å². The molecule has 0 rings (SSSR count). The lowest BCUT2D eigenvalue weighted by Gasteiger charge is -2.19. The number of nitrogens with one attached hydrogen (secondary N) is 1. The van der Waals surface area contributed by atoms with E-state index in [0.717, 1.165) is 12.8 Å². The van der Waals surface area contributed by atoms with Crippen molar-refractivity contribution in [2.24, 2.45) is 5.92 Å². The van der Waals surface area contributed by atoms with Crippen molar-refractivity contribution >= 4 is 11.9 Å². The third kappa shape index (κ3) is 6.94. The zero-order chi connectivity index (χ0) is 11.8. The molecule has 4 heteroatoms. The number of carboxylic acids is 1. The molecule has 0 bridgehead atoms. The second-order valence-corrected chi connectivity index (χ2v) is 3.96. The average Bonchev–Trinajstić information content (AvgIpc) is 2.16. The lowest BCUT2D eigenvalue weighted by atomic mass is 9.97. The highest BCUT2D eigenvalue weighted by molar-refractivity contribution is 5.77. The molecule has 0 heterocycles. The van der Waals surface area contributed by atoms with Gasteiger partial charge in [0, 0.05) is 12.5 Å². The minimum atomic E-state index is -0.861. The largest absolute Gasteiger partial charge is 0.481 e. The van der Waals surface area contributed by atoms with E-state index in [2.05, 4.69) is 19.2 Å². The van der Waals surface area contributed by atoms with Crippen molar-refractivity contribution in [3.8, 4) is 0 Å². The zero-order valence-electron chi connectivity index (χ0n) is 9.75. The lowest BCUT2D eigenvalue weighted by molar-refractivity contribution is -0.137. The van der Waals surface area contributed by atoms with Crippen LogP contribution in [0.15, 0.2) is 0 Å². The Morgan fingerprint density at radius 1 is 1.33 bits per heavy atom. The van der Waals surface area contributed by atoms with Crippen LogP contribution >= 0.6 is 0 Å². The first kappa shape index (κ1) is 13.9. The average molecular weight is 215 g/mol. The van der Waals surface area contributed by atoms with E-state index in [1.165, 1.54) is 0 Å². The maximum Gasteiger partial charge on any atom is 0.305 e. The molecule has 0 radical (unpaired) electrons. The quantitative estimate of drug-likeness (QED) is 0.680. The Morgan fingerprint density at radius 3 is 2.33 bits per heavy atom. The van der Waals surface area contributed by atoms with Gasteiger partial charge in [0.1, 0.15) is 0 Å². The molecule has 4 nitrogen and oxygen atoms in total. The summed E-state index contributed by atoms with van der Waals surface area (Å²) in [6, 6.07) is -0.232. The van der Waals surface area contributed by atoms with Gasteiger partial charge in [0.25, 0.3) is 0 Å². The Bertz CT molecular complexity index is 216. The molecule has 0 saturated carbocycles. The molecule has 0 aliphatic carbocycles. The maximum absolute atomic E-state index is 11.2. The van der Waals surface area contributed by atoms with E-state index in [1.54, 1.807) is 6.92 Å². The summed E-state index contributed by atoms with van der Waals surface area (Å²) in [5.41, 5.74) is 0. The molecule has 2 atom stereocenters. The van der Waals surface area contributed by atoms with E-state index in [9.17, 15) is 9.59 Å². The first-order valence-electron chi connectivity index (χ1n) is 5.50. The minimum Gasteiger partial charge on any atom is -0.481 e. The first-order valence-corrected chi connectivity index (χ1v) is 5.50. The van der Waals surface area contributed by atoms with E-state index in [0.29, 0.717) is 12.3 Å². The molecular weight excluding hydrogens is 194 g/mol. The smallest absolute Gasteiger partial charge is 0.305 e. The van der Waals surface area contributed by atoms with Gasteiger partial charge in [-0.1, -0.05) is 27.2 Å². The van der Waals surface area contributed by atoms with Gasteiger partial charge >= 0.3 is 5.97 Å². The van der Waals surface area contributed by atoms with E-state index in [1.807, 2.05) is 0 Å². The minimum absolute atomic E-state index is 0.0100. The fraction of sp³-hybridized carbons (Fsp3) is 0.818. The molecule has 0 aromatic carbocycles. The van der Waals surface area contributed by atoms with Crippen molar-refractivity contribution in [2.45, 2.75) is 52.5 Å². The number of rotatable bonds is 7. The molecule has 0 fully saturated rings. The van der Waals surface area contributed by atoms with Crippen LogP contribution in [0, 0.1) is 5.92 Å². The Labute approximate surface area is 91.1 Å². The van der Waals surface area contributed by atoms with Gasteiger partial charge in [0.2, 0.25) is 5.91 Å². The summed E-state index contributed by atoms with van der Waals surface area (Å²) in [4.78, 5) is 21.8. The van der Waals surface area contributed by atoms with Crippen molar-refractivity contribution in [1.82, 2.24) is 5.32 Å². The molecular formula is C11H21NO3. The Hall–Kier alpha value is -1.06. The summed E-state index contributed by atoms with van der Waals surface area (Å²) in [5.74, 6) is -0.504. The van der Waals surface area contributed by atoms with Crippen LogP contribution in [0.2, 0.25) is 0 Å². The first-order chi connectivity index (χ1) is 6.99. The standard InChI is InChI=1S/C11H21NO3/c1-4-8(3)6-9(7-11(14)15)12-10(13)5-2/h8-9H,4-7H2,1-3H3,(H,12,13)(H,14,15). The highest BCUT2D eigenvalue weighted by atomic mass is 16.4. The van der Waals surface area contributed by atoms with Gasteiger partial charge in [0.15, 0.2) is 0 Å². The van der Waals surface area contributed by atoms with Gasteiger partial charge in [-0.25, -0.2) is 0 Å². The van der Waals surface area contributed by atoms with Crippen molar-refractivity contribution in [1.29, 1.82) is 0 Å². The number of hydrogen-bond donors (Lipinski definition) is 2. The summed E-state index contributed by atoms with van der Waals surface area (Å²) in [6.45, 7) is 5.88. The van der Waals surface area contributed by atoms with Crippen LogP contribution in [0.25, 0.3) is 0 Å². The van der Waals surface area contributed by atoms with Gasteiger partial charge in [-0.15, -0.1) is 0 Å². The van der Waals surface area contributed by atoms with Crippen molar-refractivity contribution in [2.75, 3.05) is 0 Å². The fourth-order valence-corrected chi connectivity index (χ4v) is 1.39. The number of amides is 1. The molecule has 2 N–H and O–H groups in total. The second kappa shape index (κ2) is 7.26. The third-order valence-corrected chi connectivity index (χ3v) is 2.49. The summed E-state index contributed by atoms with van der Waals surface area (Å²) in [5, 5.41) is 11.4. The molecule has 15 heavy (non-hydrogen) atoms. The van der Waals surface area contributed by atoms with Crippen molar-refractivity contribution < 1.29 is 14.7 Å². The molecule has 0 spiro atoms. The predicted octanol–water partition coefficient (Wildman–Crippen LogP) is 1.79. The van der Waals surface area contributed by atoms with Crippen LogP contribution in [-0.4, -0.2) is 23.0 Å². The molecule has 88 valence electrons. The molecule has 2 unspecified atom stereocenters. The molecule has 0 aromatic heterocycles. The van der Waals surface area contributed by atoms with Crippen LogP contribution in [-0.2, 0) is 9.59 Å². The normalized spacial score (nSPS) is 14.3. The lowest BCUT2D eigenvalue weighted by Crippen LogP contribution is -2.37. The number of hydrogen-bond acceptors (Lipinski definition) is 2. The molecule has 0 aromatic rings. The van der Waals surface area contributed by atoms with Crippen LogP contribution < -0.4 is 5.32 Å². The van der Waals surface area contributed by atoms with Crippen molar-refractivity contribution in [3.05, 3.63) is 0 Å². The van der Waals surface area contributed by atoms with E-state index in [-0.39, 0.29) is 18.4 Å². The van der Waals surface area contributed by atoms with Crippen LogP contribution in [0.4, 0.5) is 0 Å². The number of aliphatic carboxylic acids is 1. The molecule has 0 saturated heterocycles. The summed E-state index contributed by atoms with van der Waals surface area (Å²) in [7, 11) is 0. The molecule has 0 aliphatic heterocycles. The zero-order valence-corrected chi connectivity index (χ0v) is 9.75. The van der Waals surface area contributed by atoms with Gasteiger partial charge in [-0.05, 0) is 12.3 Å². The fourth-order valence-electron chi connectivity index (χ4n) is 1.39. The summed E-state index contributed by atoms with van der Waals surface area (Å²) < 4.78 is 0. The Morgan fingerprint density at radius 2 is 1.93 bits per heavy atom. The van der Waals surface area contributed by atoms with Crippen LogP contribution in [0.5, 0.6) is 0 Å². The summed E-state index contributed by atoms with van der Waals surface area (Å²) in [6.07, 6.45) is 2.14. The number of carbonyl (C=O) groups excluding carboxylic acids is 1. The van der Waals surface area contributed by atoms with Gasteiger partial charge in [-0.2, -0.15) is 0 Å². The van der Waals surface area contributed by atoms with Gasteiger partial charge < -0.3 is 10.4 Å². The number of carbonyl (C=O) groups is 2. The monoisotopic (exact) mass is 215 g/mol. The topological polar surface area (TPSA) is 66.4 Å². The maximum atomic E-state index is 11.2. The number of carboxylic acid groups (broad SMARTS) is 1. The van der Waals surface area contributed by atoms with Gasteiger partial charge in [0.05, 0.1) is 6.42 Å². The van der Waals surface area contributed by atoms with E-state index < -0.39 is 5.97 Å². The Kier molecular flexibility index (Phi) is 6.75. The molecule has 1 amide bonds. The Balaban J connectivity index is 4.17. The predicted molar refractivity (Wildman–Crippen MR) is 58.5 cm³/mol. The van der Waals surface area contributed by atoms with Crippen LogP contribution in [0.3, 0.4) is 0 Å². The van der Waals surface area contributed by atoms with Crippen LogP contribution in [0.1, 0.15) is 46.5 Å². The van der Waals surface area contributed by atoms with Gasteiger partial charge in [-0.3, -0.25) is 9.59 Å². The summed E-state index contributed by atoms with van der Waals surface area (Å²) >= 11 is 0. The molecule has 0 aliphatic rings. The highest BCUT2D eigenvalue weighted by Gasteiger charge is 2.17. The highest BCUT2D eigenvalue weighted by Crippen LogP contribution is 2.12. The van der Waals surface area contributed by atoms with E-state index in [4.69, 9.17) is 5.11 Å². The second-order valence-electron chi connectivity index (χ2n) is 3.96. The third-order valence-electron chi connectivity index (χ3n) is 2.49. The SMILES string of the molecule is CCC(=O)NC(CC(=O)O)CC(C)CC.